The Kier molecular flexibility index (Phi) is 5.67. The summed E-state index contributed by atoms with van der Waals surface area (Å²) in [7, 11) is 0. The Morgan fingerprint density at radius 2 is 1.88 bits per heavy atom. The normalized spacial score (nSPS) is 10.4. The van der Waals surface area contributed by atoms with E-state index in [9.17, 15) is 5.11 Å². The van der Waals surface area contributed by atoms with Gasteiger partial charge in [0.05, 0.1) is 6.61 Å². The number of phenols is 1. The van der Waals surface area contributed by atoms with Gasteiger partial charge >= 0.3 is 0 Å². The third-order valence-electron chi connectivity index (χ3n) is 2.42. The molecular weight excluding hydrogens is 206 g/mol. The average molecular weight is 225 g/mol. The molecule has 0 aliphatic rings. The molecule has 4 heteroatoms. The van der Waals surface area contributed by atoms with Gasteiger partial charge in [-0.3, -0.25) is 0 Å². The van der Waals surface area contributed by atoms with Crippen LogP contribution in [0, 0.1) is 0 Å². The van der Waals surface area contributed by atoms with Gasteiger partial charge in [0.2, 0.25) is 0 Å². The van der Waals surface area contributed by atoms with Crippen LogP contribution in [0.3, 0.4) is 0 Å². The third kappa shape index (κ3) is 4.08. The van der Waals surface area contributed by atoms with Crippen LogP contribution in [0.5, 0.6) is 5.75 Å². The molecule has 0 saturated carbocycles. The Morgan fingerprint density at radius 3 is 2.50 bits per heavy atom. The van der Waals surface area contributed by atoms with Crippen molar-refractivity contribution in [2.45, 2.75) is 25.9 Å². The van der Waals surface area contributed by atoms with Crippen molar-refractivity contribution in [2.75, 3.05) is 18.5 Å². The fourth-order valence-corrected chi connectivity index (χ4v) is 1.45. The number of anilines is 1. The number of rotatable bonds is 7. The van der Waals surface area contributed by atoms with E-state index in [0.717, 1.165) is 31.5 Å². The molecule has 90 valence electrons. The molecule has 1 aromatic rings. The molecule has 0 heterocycles. The van der Waals surface area contributed by atoms with Gasteiger partial charge in [-0.25, -0.2) is 0 Å². The van der Waals surface area contributed by atoms with Crippen LogP contribution in [0.25, 0.3) is 0 Å². The number of hydrogen-bond donors (Lipinski definition) is 4. The predicted octanol–water partition coefficient (Wildman–Crippen LogP) is 1.46. The highest BCUT2D eigenvalue weighted by Gasteiger charge is 2.00. The minimum atomic E-state index is -0.150. The summed E-state index contributed by atoms with van der Waals surface area (Å²) >= 11 is 0. The van der Waals surface area contributed by atoms with Crippen LogP contribution in [-0.2, 0) is 6.61 Å². The Bertz CT molecular complexity index is 315. The lowest BCUT2D eigenvalue weighted by Crippen LogP contribution is -2.02. The van der Waals surface area contributed by atoms with Crippen molar-refractivity contribution >= 4 is 5.69 Å². The summed E-state index contributed by atoms with van der Waals surface area (Å²) in [6.45, 7) is 0.909. The smallest absolute Gasteiger partial charge is 0.123 e. The molecule has 1 aromatic carbocycles. The molecule has 1 rings (SSSR count). The second kappa shape index (κ2) is 7.09. The van der Waals surface area contributed by atoms with Gasteiger partial charge in [-0.05, 0) is 25.3 Å². The van der Waals surface area contributed by atoms with E-state index in [0.29, 0.717) is 5.56 Å². The summed E-state index contributed by atoms with van der Waals surface area (Å²) in [6.07, 6.45) is 2.81. The monoisotopic (exact) mass is 225 g/mol. The molecule has 0 aliphatic heterocycles. The van der Waals surface area contributed by atoms with Gasteiger partial charge in [-0.1, -0.05) is 6.07 Å². The van der Waals surface area contributed by atoms with Gasteiger partial charge in [0.15, 0.2) is 0 Å². The first-order chi connectivity index (χ1) is 7.77. The second-order valence-electron chi connectivity index (χ2n) is 3.71. The number of benzene rings is 1. The highest BCUT2D eigenvalue weighted by molar-refractivity contribution is 5.51. The van der Waals surface area contributed by atoms with Crippen molar-refractivity contribution < 1.29 is 15.3 Å². The molecule has 0 bridgehead atoms. The van der Waals surface area contributed by atoms with Crippen molar-refractivity contribution in [1.82, 2.24) is 0 Å². The molecule has 0 spiro atoms. The van der Waals surface area contributed by atoms with E-state index in [4.69, 9.17) is 10.2 Å². The number of aliphatic hydroxyl groups is 2. The summed E-state index contributed by atoms with van der Waals surface area (Å²) < 4.78 is 0. The Balaban J connectivity index is 2.34. The molecule has 0 radical (unpaired) electrons. The number of aliphatic hydroxyl groups excluding tert-OH is 2. The minimum absolute atomic E-state index is 0.114. The van der Waals surface area contributed by atoms with E-state index in [-0.39, 0.29) is 19.0 Å². The number of hydrogen-bond acceptors (Lipinski definition) is 4. The standard InChI is InChI=1S/C12H19NO3/c14-7-3-1-2-6-13-11-5-4-10(9-15)12(16)8-11/h4-5,8,13-16H,1-3,6-7,9H2. The van der Waals surface area contributed by atoms with Crippen LogP contribution in [0.2, 0.25) is 0 Å². The zero-order valence-corrected chi connectivity index (χ0v) is 9.32. The molecule has 0 saturated heterocycles. The van der Waals surface area contributed by atoms with Crippen LogP contribution in [-0.4, -0.2) is 28.5 Å². The summed E-state index contributed by atoms with van der Waals surface area (Å²) in [4.78, 5) is 0. The van der Waals surface area contributed by atoms with E-state index < -0.39 is 0 Å². The zero-order valence-electron chi connectivity index (χ0n) is 9.32. The molecule has 0 aliphatic carbocycles. The molecule has 0 unspecified atom stereocenters. The fraction of sp³-hybridized carbons (Fsp3) is 0.500. The first-order valence-electron chi connectivity index (χ1n) is 5.55. The number of aromatic hydroxyl groups is 1. The zero-order chi connectivity index (χ0) is 11.8. The van der Waals surface area contributed by atoms with Crippen LogP contribution >= 0.6 is 0 Å². The Labute approximate surface area is 95.6 Å². The first kappa shape index (κ1) is 12.8. The second-order valence-corrected chi connectivity index (χ2v) is 3.71. The van der Waals surface area contributed by atoms with E-state index >= 15 is 0 Å². The number of unbranched alkanes of at least 4 members (excludes halogenated alkanes) is 2. The molecule has 0 atom stereocenters. The third-order valence-corrected chi connectivity index (χ3v) is 2.42. The molecular formula is C12H19NO3. The van der Waals surface area contributed by atoms with Crippen LogP contribution < -0.4 is 5.32 Å². The maximum atomic E-state index is 9.50. The van der Waals surface area contributed by atoms with Gasteiger partial charge in [-0.2, -0.15) is 0 Å². The SMILES string of the molecule is OCCCCCNc1ccc(CO)c(O)c1. The topological polar surface area (TPSA) is 72.7 Å². The van der Waals surface area contributed by atoms with Crippen LogP contribution in [0.1, 0.15) is 24.8 Å². The van der Waals surface area contributed by atoms with Crippen molar-refractivity contribution in [3.05, 3.63) is 23.8 Å². The van der Waals surface area contributed by atoms with Gasteiger partial charge in [-0.15, -0.1) is 0 Å². The van der Waals surface area contributed by atoms with Crippen LogP contribution in [0.15, 0.2) is 18.2 Å². The van der Waals surface area contributed by atoms with Crippen molar-refractivity contribution in [3.8, 4) is 5.75 Å². The maximum Gasteiger partial charge on any atom is 0.123 e. The number of nitrogens with one attached hydrogen (secondary N) is 1. The lowest BCUT2D eigenvalue weighted by Gasteiger charge is -2.08. The van der Waals surface area contributed by atoms with E-state index in [1.807, 2.05) is 6.07 Å². The maximum absolute atomic E-state index is 9.50. The summed E-state index contributed by atoms with van der Waals surface area (Å²) in [5.74, 6) is 0.114. The van der Waals surface area contributed by atoms with Crippen LogP contribution in [0.4, 0.5) is 5.69 Å². The lowest BCUT2D eigenvalue weighted by atomic mass is 10.2. The van der Waals surface area contributed by atoms with E-state index in [2.05, 4.69) is 5.32 Å². The molecule has 0 aromatic heterocycles. The average Bonchev–Trinajstić information content (AvgIpc) is 2.29. The summed E-state index contributed by atoms with van der Waals surface area (Å²) in [5.41, 5.74) is 1.38. The lowest BCUT2D eigenvalue weighted by molar-refractivity contribution is 0.275. The van der Waals surface area contributed by atoms with Crippen molar-refractivity contribution in [3.63, 3.8) is 0 Å². The predicted molar refractivity (Wildman–Crippen MR) is 63.5 cm³/mol. The van der Waals surface area contributed by atoms with Gasteiger partial charge in [0.25, 0.3) is 0 Å². The fourth-order valence-electron chi connectivity index (χ4n) is 1.45. The molecule has 16 heavy (non-hydrogen) atoms. The van der Waals surface area contributed by atoms with Crippen molar-refractivity contribution in [1.29, 1.82) is 0 Å². The Morgan fingerprint density at radius 1 is 1.06 bits per heavy atom. The van der Waals surface area contributed by atoms with Gasteiger partial charge in [0, 0.05) is 30.5 Å². The summed E-state index contributed by atoms with van der Waals surface area (Å²) in [6, 6.07) is 5.14. The van der Waals surface area contributed by atoms with E-state index in [1.54, 1.807) is 12.1 Å². The van der Waals surface area contributed by atoms with Gasteiger partial charge < -0.3 is 20.6 Å². The summed E-state index contributed by atoms with van der Waals surface area (Å²) in [5, 5.41) is 30.1. The van der Waals surface area contributed by atoms with E-state index in [1.165, 1.54) is 0 Å². The highest BCUT2D eigenvalue weighted by atomic mass is 16.3. The molecule has 0 fully saturated rings. The molecule has 0 amide bonds. The first-order valence-corrected chi connectivity index (χ1v) is 5.55. The van der Waals surface area contributed by atoms with Gasteiger partial charge in [0.1, 0.15) is 5.75 Å². The molecule has 4 nitrogen and oxygen atoms in total. The largest absolute Gasteiger partial charge is 0.508 e. The minimum Gasteiger partial charge on any atom is -0.508 e. The quantitative estimate of drug-likeness (QED) is 0.530. The molecule has 4 N–H and O–H groups in total. The Hall–Kier alpha value is -1.26. The highest BCUT2D eigenvalue weighted by Crippen LogP contribution is 2.21. The van der Waals surface area contributed by atoms with Crippen molar-refractivity contribution in [2.24, 2.45) is 0 Å².